The monoisotopic (exact) mass is 152 g/mol. The SMILES string of the molecule is CC(C)C(C)c1nccn1C. The molecule has 0 fully saturated rings. The van der Waals surface area contributed by atoms with Gasteiger partial charge in [-0.15, -0.1) is 0 Å². The van der Waals surface area contributed by atoms with Gasteiger partial charge in [-0.1, -0.05) is 20.8 Å². The molecule has 0 aliphatic heterocycles. The Morgan fingerprint density at radius 1 is 1.36 bits per heavy atom. The zero-order valence-electron chi connectivity index (χ0n) is 7.70. The Bertz CT molecular complexity index is 225. The summed E-state index contributed by atoms with van der Waals surface area (Å²) in [6, 6.07) is 0. The third kappa shape index (κ3) is 1.62. The lowest BCUT2D eigenvalue weighted by atomic mass is 9.97. The van der Waals surface area contributed by atoms with E-state index in [-0.39, 0.29) is 0 Å². The molecule has 1 rings (SSSR count). The highest BCUT2D eigenvalue weighted by molar-refractivity contribution is 4.98. The number of hydrogen-bond acceptors (Lipinski definition) is 1. The number of imidazole rings is 1. The zero-order chi connectivity index (χ0) is 8.43. The smallest absolute Gasteiger partial charge is 0.111 e. The molecule has 0 N–H and O–H groups in total. The molecule has 0 aliphatic rings. The van der Waals surface area contributed by atoms with Crippen LogP contribution in [0.5, 0.6) is 0 Å². The molecule has 0 radical (unpaired) electrons. The first-order valence-electron chi connectivity index (χ1n) is 4.10. The largest absolute Gasteiger partial charge is 0.338 e. The van der Waals surface area contributed by atoms with E-state index in [1.54, 1.807) is 0 Å². The van der Waals surface area contributed by atoms with Crippen molar-refractivity contribution in [2.45, 2.75) is 26.7 Å². The number of aryl methyl sites for hydroxylation is 1. The Labute approximate surface area is 68.3 Å². The second kappa shape index (κ2) is 3.07. The normalized spacial score (nSPS) is 13.9. The van der Waals surface area contributed by atoms with Crippen LogP contribution in [-0.2, 0) is 7.05 Å². The Morgan fingerprint density at radius 2 is 2.00 bits per heavy atom. The maximum atomic E-state index is 4.30. The molecule has 0 amide bonds. The van der Waals surface area contributed by atoms with Crippen LogP contribution in [0.4, 0.5) is 0 Å². The number of hydrogen-bond donors (Lipinski definition) is 0. The minimum absolute atomic E-state index is 0.551. The van der Waals surface area contributed by atoms with E-state index in [9.17, 15) is 0 Å². The van der Waals surface area contributed by atoms with Crippen LogP contribution < -0.4 is 0 Å². The van der Waals surface area contributed by atoms with Gasteiger partial charge in [-0.25, -0.2) is 4.98 Å². The predicted octanol–water partition coefficient (Wildman–Crippen LogP) is 2.18. The number of nitrogens with zero attached hydrogens (tertiary/aromatic N) is 2. The van der Waals surface area contributed by atoms with Crippen molar-refractivity contribution in [3.8, 4) is 0 Å². The standard InChI is InChI=1S/C9H16N2/c1-7(2)8(3)9-10-5-6-11(9)4/h5-8H,1-4H3. The van der Waals surface area contributed by atoms with Gasteiger partial charge in [-0.2, -0.15) is 0 Å². The molecule has 0 aliphatic carbocycles. The van der Waals surface area contributed by atoms with Crippen LogP contribution in [0.15, 0.2) is 12.4 Å². The third-order valence-electron chi connectivity index (χ3n) is 2.27. The molecule has 1 aromatic rings. The van der Waals surface area contributed by atoms with Crippen molar-refractivity contribution < 1.29 is 0 Å². The average Bonchev–Trinajstić information content (AvgIpc) is 2.33. The van der Waals surface area contributed by atoms with Crippen LogP contribution in [0.3, 0.4) is 0 Å². The molecule has 0 aromatic carbocycles. The fraction of sp³-hybridized carbons (Fsp3) is 0.667. The summed E-state index contributed by atoms with van der Waals surface area (Å²) in [6.07, 6.45) is 3.85. The maximum absolute atomic E-state index is 4.30. The van der Waals surface area contributed by atoms with Gasteiger partial charge >= 0.3 is 0 Å². The lowest BCUT2D eigenvalue weighted by Crippen LogP contribution is -2.08. The first kappa shape index (κ1) is 8.31. The highest BCUT2D eigenvalue weighted by atomic mass is 15.0. The van der Waals surface area contributed by atoms with Gasteiger partial charge in [0, 0.05) is 25.4 Å². The molecule has 2 nitrogen and oxygen atoms in total. The van der Waals surface area contributed by atoms with Crippen LogP contribution >= 0.6 is 0 Å². The molecule has 1 unspecified atom stereocenters. The quantitative estimate of drug-likeness (QED) is 0.635. The van der Waals surface area contributed by atoms with Gasteiger partial charge in [-0.3, -0.25) is 0 Å². The second-order valence-electron chi connectivity index (χ2n) is 3.43. The summed E-state index contributed by atoms with van der Waals surface area (Å²) >= 11 is 0. The van der Waals surface area contributed by atoms with Crippen molar-refractivity contribution in [2.24, 2.45) is 13.0 Å². The first-order valence-corrected chi connectivity index (χ1v) is 4.10. The molecule has 0 bridgehead atoms. The third-order valence-corrected chi connectivity index (χ3v) is 2.27. The summed E-state index contributed by atoms with van der Waals surface area (Å²) in [5.74, 6) is 2.39. The Hall–Kier alpha value is -0.790. The molecule has 62 valence electrons. The van der Waals surface area contributed by atoms with E-state index in [4.69, 9.17) is 0 Å². The van der Waals surface area contributed by atoms with E-state index in [0.717, 1.165) is 0 Å². The van der Waals surface area contributed by atoms with Gasteiger partial charge in [0.1, 0.15) is 5.82 Å². The molecule has 2 heteroatoms. The average molecular weight is 152 g/mol. The van der Waals surface area contributed by atoms with Crippen molar-refractivity contribution in [3.63, 3.8) is 0 Å². The van der Waals surface area contributed by atoms with Crippen LogP contribution in [0.2, 0.25) is 0 Å². The van der Waals surface area contributed by atoms with Gasteiger partial charge in [0.15, 0.2) is 0 Å². The summed E-state index contributed by atoms with van der Waals surface area (Å²) in [6.45, 7) is 6.66. The predicted molar refractivity (Wildman–Crippen MR) is 46.5 cm³/mol. The molecule has 1 aromatic heterocycles. The lowest BCUT2D eigenvalue weighted by Gasteiger charge is -2.14. The highest BCUT2D eigenvalue weighted by Crippen LogP contribution is 2.20. The van der Waals surface area contributed by atoms with E-state index in [2.05, 4.69) is 30.3 Å². The maximum Gasteiger partial charge on any atom is 0.111 e. The van der Waals surface area contributed by atoms with E-state index in [0.29, 0.717) is 11.8 Å². The van der Waals surface area contributed by atoms with Crippen molar-refractivity contribution in [1.29, 1.82) is 0 Å². The summed E-state index contributed by atoms with van der Waals surface area (Å²) in [5, 5.41) is 0. The fourth-order valence-corrected chi connectivity index (χ4v) is 1.11. The Balaban J connectivity index is 2.84. The van der Waals surface area contributed by atoms with Gasteiger partial charge in [0.05, 0.1) is 0 Å². The Kier molecular flexibility index (Phi) is 2.32. The molecule has 0 saturated heterocycles. The van der Waals surface area contributed by atoms with Crippen molar-refractivity contribution in [2.75, 3.05) is 0 Å². The first-order chi connectivity index (χ1) is 5.13. The molecule has 0 saturated carbocycles. The van der Waals surface area contributed by atoms with Crippen LogP contribution in [0, 0.1) is 5.92 Å². The molecule has 1 atom stereocenters. The number of aromatic nitrogens is 2. The van der Waals surface area contributed by atoms with Crippen molar-refractivity contribution >= 4 is 0 Å². The minimum Gasteiger partial charge on any atom is -0.338 e. The van der Waals surface area contributed by atoms with E-state index < -0.39 is 0 Å². The van der Waals surface area contributed by atoms with Crippen molar-refractivity contribution in [3.05, 3.63) is 18.2 Å². The van der Waals surface area contributed by atoms with Crippen LogP contribution in [0.1, 0.15) is 32.5 Å². The zero-order valence-corrected chi connectivity index (χ0v) is 7.70. The second-order valence-corrected chi connectivity index (χ2v) is 3.43. The highest BCUT2D eigenvalue weighted by Gasteiger charge is 2.13. The van der Waals surface area contributed by atoms with Gasteiger partial charge in [0.25, 0.3) is 0 Å². The minimum atomic E-state index is 0.551. The van der Waals surface area contributed by atoms with Crippen molar-refractivity contribution in [1.82, 2.24) is 9.55 Å². The van der Waals surface area contributed by atoms with E-state index in [1.807, 2.05) is 19.4 Å². The van der Waals surface area contributed by atoms with Crippen LogP contribution in [0.25, 0.3) is 0 Å². The summed E-state index contributed by atoms with van der Waals surface area (Å²) in [7, 11) is 2.04. The van der Waals surface area contributed by atoms with E-state index in [1.165, 1.54) is 5.82 Å². The summed E-state index contributed by atoms with van der Waals surface area (Å²) in [5.41, 5.74) is 0. The molecule has 0 spiro atoms. The topological polar surface area (TPSA) is 17.8 Å². The summed E-state index contributed by atoms with van der Waals surface area (Å²) < 4.78 is 2.09. The molecular weight excluding hydrogens is 136 g/mol. The fourth-order valence-electron chi connectivity index (χ4n) is 1.11. The number of rotatable bonds is 2. The van der Waals surface area contributed by atoms with E-state index >= 15 is 0 Å². The molecule has 1 heterocycles. The van der Waals surface area contributed by atoms with Gasteiger partial charge in [-0.05, 0) is 5.92 Å². The Morgan fingerprint density at radius 3 is 2.36 bits per heavy atom. The van der Waals surface area contributed by atoms with Gasteiger partial charge < -0.3 is 4.57 Å². The lowest BCUT2D eigenvalue weighted by molar-refractivity contribution is 0.497. The molecule has 11 heavy (non-hydrogen) atoms. The molecular formula is C9H16N2. The summed E-state index contributed by atoms with van der Waals surface area (Å²) in [4.78, 5) is 4.30. The van der Waals surface area contributed by atoms with Crippen LogP contribution in [-0.4, -0.2) is 9.55 Å². The van der Waals surface area contributed by atoms with Gasteiger partial charge in [0.2, 0.25) is 0 Å².